The first-order valence-electron chi connectivity index (χ1n) is 11.1. The molecule has 0 aromatic carbocycles. The lowest BCUT2D eigenvalue weighted by atomic mass is 10.2. The molecule has 174 valence electrons. The molecule has 0 radical (unpaired) electrons. The van der Waals surface area contributed by atoms with Gasteiger partial charge in [0.05, 0.1) is 11.4 Å². The van der Waals surface area contributed by atoms with Crippen molar-refractivity contribution in [2.24, 2.45) is 29.3 Å². The third kappa shape index (κ3) is 9.48. The van der Waals surface area contributed by atoms with Crippen molar-refractivity contribution in [2.75, 3.05) is 13.1 Å². The number of aromatic nitrogens is 6. The van der Waals surface area contributed by atoms with Crippen molar-refractivity contribution in [3.05, 3.63) is 35.7 Å². The van der Waals surface area contributed by atoms with Crippen LogP contribution in [-0.4, -0.2) is 53.0 Å². The summed E-state index contributed by atoms with van der Waals surface area (Å²) in [6.07, 6.45) is 5.80. The molecule has 0 aliphatic carbocycles. The monoisotopic (exact) mass is 432 g/mol. The molecule has 0 saturated heterocycles. The van der Waals surface area contributed by atoms with Crippen LogP contribution in [0.4, 0.5) is 0 Å². The SMILES string of the molecule is CC(C)CN(N)/C=C(\N)CN(Cc1cn(CC(C)C)nn1)Cc1cn(CC(C)C)nn1. The van der Waals surface area contributed by atoms with Crippen molar-refractivity contribution >= 4 is 0 Å². The molecule has 0 aliphatic rings. The van der Waals surface area contributed by atoms with Crippen LogP contribution in [0.3, 0.4) is 0 Å². The fraction of sp³-hybridized carbons (Fsp3) is 0.714. The van der Waals surface area contributed by atoms with Crippen LogP contribution in [0.15, 0.2) is 24.3 Å². The third-order valence-corrected chi connectivity index (χ3v) is 4.36. The van der Waals surface area contributed by atoms with Crippen LogP contribution < -0.4 is 11.6 Å². The Labute approximate surface area is 186 Å². The molecule has 4 N–H and O–H groups in total. The van der Waals surface area contributed by atoms with Crippen LogP contribution in [-0.2, 0) is 26.2 Å². The van der Waals surface area contributed by atoms with Crippen LogP contribution in [0.5, 0.6) is 0 Å². The smallest absolute Gasteiger partial charge is 0.0967 e. The van der Waals surface area contributed by atoms with Gasteiger partial charge in [0.25, 0.3) is 0 Å². The van der Waals surface area contributed by atoms with Gasteiger partial charge < -0.3 is 10.7 Å². The van der Waals surface area contributed by atoms with E-state index in [0.29, 0.717) is 43.1 Å². The van der Waals surface area contributed by atoms with E-state index in [0.717, 1.165) is 31.0 Å². The normalized spacial score (nSPS) is 12.7. The van der Waals surface area contributed by atoms with E-state index in [2.05, 4.69) is 67.1 Å². The van der Waals surface area contributed by atoms with E-state index < -0.39 is 0 Å². The predicted octanol–water partition coefficient (Wildman–Crippen LogP) is 1.82. The maximum absolute atomic E-state index is 6.32. The van der Waals surface area contributed by atoms with Gasteiger partial charge in [-0.25, -0.2) is 5.84 Å². The lowest BCUT2D eigenvalue weighted by Crippen LogP contribution is -2.33. The maximum Gasteiger partial charge on any atom is 0.0967 e. The highest BCUT2D eigenvalue weighted by Gasteiger charge is 2.14. The Balaban J connectivity index is 2.11. The summed E-state index contributed by atoms with van der Waals surface area (Å²) in [5, 5.41) is 18.8. The highest BCUT2D eigenvalue weighted by atomic mass is 15.4. The summed E-state index contributed by atoms with van der Waals surface area (Å²) in [5.41, 5.74) is 8.80. The van der Waals surface area contributed by atoms with Crippen molar-refractivity contribution in [3.8, 4) is 0 Å². The Hall–Kier alpha value is -2.46. The summed E-state index contributed by atoms with van der Waals surface area (Å²) in [4.78, 5) is 2.18. The van der Waals surface area contributed by atoms with Crippen molar-refractivity contribution in [2.45, 2.75) is 67.7 Å². The highest BCUT2D eigenvalue weighted by Crippen LogP contribution is 2.10. The van der Waals surface area contributed by atoms with E-state index in [1.165, 1.54) is 0 Å². The van der Waals surface area contributed by atoms with Crippen LogP contribution >= 0.6 is 0 Å². The van der Waals surface area contributed by atoms with E-state index in [1.54, 1.807) is 11.2 Å². The van der Waals surface area contributed by atoms with Gasteiger partial charge in [-0.3, -0.25) is 14.3 Å². The molecule has 2 rings (SSSR count). The molecular weight excluding hydrogens is 392 g/mol. The van der Waals surface area contributed by atoms with E-state index >= 15 is 0 Å². The summed E-state index contributed by atoms with van der Waals surface area (Å²) in [7, 11) is 0. The summed E-state index contributed by atoms with van der Waals surface area (Å²) >= 11 is 0. The molecule has 2 aromatic rings. The van der Waals surface area contributed by atoms with Gasteiger partial charge in [0.2, 0.25) is 0 Å². The average molecular weight is 433 g/mol. The zero-order valence-corrected chi connectivity index (χ0v) is 19.9. The number of hydrogen-bond acceptors (Lipinski definition) is 8. The van der Waals surface area contributed by atoms with Gasteiger partial charge in [0.1, 0.15) is 0 Å². The molecule has 0 unspecified atom stereocenters. The Morgan fingerprint density at radius 2 is 1.39 bits per heavy atom. The molecule has 10 heteroatoms. The lowest BCUT2D eigenvalue weighted by molar-refractivity contribution is 0.266. The maximum atomic E-state index is 6.32. The predicted molar refractivity (Wildman–Crippen MR) is 122 cm³/mol. The van der Waals surface area contributed by atoms with Crippen LogP contribution in [0, 0.1) is 17.8 Å². The first-order chi connectivity index (χ1) is 14.6. The van der Waals surface area contributed by atoms with Crippen molar-refractivity contribution in [1.29, 1.82) is 0 Å². The first-order valence-corrected chi connectivity index (χ1v) is 11.1. The number of rotatable bonds is 13. The van der Waals surface area contributed by atoms with Gasteiger partial charge >= 0.3 is 0 Å². The van der Waals surface area contributed by atoms with Gasteiger partial charge in [-0.1, -0.05) is 52.0 Å². The molecule has 2 aromatic heterocycles. The van der Waals surface area contributed by atoms with Gasteiger partial charge in [-0.2, -0.15) is 0 Å². The molecule has 2 heterocycles. The second-order valence-corrected chi connectivity index (χ2v) is 9.59. The quantitative estimate of drug-likeness (QED) is 0.363. The molecule has 0 bridgehead atoms. The minimum atomic E-state index is 0.456. The Bertz CT molecular complexity index is 754. The second-order valence-electron chi connectivity index (χ2n) is 9.59. The van der Waals surface area contributed by atoms with Crippen LogP contribution in [0.25, 0.3) is 0 Å². The Morgan fingerprint density at radius 3 is 1.81 bits per heavy atom. The fourth-order valence-electron chi connectivity index (χ4n) is 3.36. The largest absolute Gasteiger partial charge is 0.400 e. The average Bonchev–Trinajstić information content (AvgIpc) is 3.22. The Kier molecular flexibility index (Phi) is 9.44. The molecule has 31 heavy (non-hydrogen) atoms. The number of hydrazine groups is 1. The van der Waals surface area contributed by atoms with E-state index in [-0.39, 0.29) is 0 Å². The van der Waals surface area contributed by atoms with Gasteiger partial charge in [0, 0.05) is 63.6 Å². The summed E-state index contributed by atoms with van der Waals surface area (Å²) < 4.78 is 3.78. The molecule has 0 amide bonds. The molecule has 10 nitrogen and oxygen atoms in total. The van der Waals surface area contributed by atoms with Gasteiger partial charge in [0.15, 0.2) is 0 Å². The number of nitrogens with zero attached hydrogens (tertiary/aromatic N) is 8. The fourth-order valence-corrected chi connectivity index (χ4v) is 3.36. The zero-order chi connectivity index (χ0) is 23.0. The first kappa shape index (κ1) is 24.8. The summed E-state index contributed by atoms with van der Waals surface area (Å²) in [6.45, 7) is 17.1. The topological polar surface area (TPSA) is 120 Å². The van der Waals surface area contributed by atoms with Crippen molar-refractivity contribution in [3.63, 3.8) is 0 Å². The molecular formula is C21H40N10. The number of hydrogen-bond donors (Lipinski definition) is 2. The van der Waals surface area contributed by atoms with E-state index in [9.17, 15) is 0 Å². The third-order valence-electron chi connectivity index (χ3n) is 4.36. The van der Waals surface area contributed by atoms with Gasteiger partial charge in [-0.15, -0.1) is 10.2 Å². The molecule has 0 fully saturated rings. The molecule has 0 saturated carbocycles. The Morgan fingerprint density at radius 1 is 0.903 bits per heavy atom. The molecule has 0 aliphatic heterocycles. The molecule has 0 atom stereocenters. The van der Waals surface area contributed by atoms with Gasteiger partial charge in [-0.05, 0) is 17.8 Å². The van der Waals surface area contributed by atoms with E-state index in [1.807, 2.05) is 21.8 Å². The standard InChI is InChI=1S/C21H40N10/c1-16(2)7-29(23)11-19(22)10-28(12-20-14-30(26-24-20)8-17(3)4)13-21-15-31(27-25-21)9-18(5)6/h11,14-18H,7-10,12-13,22-23H2,1-6H3/b19-11-. The summed E-state index contributed by atoms with van der Waals surface area (Å²) in [5.74, 6) is 7.54. The van der Waals surface area contributed by atoms with Crippen LogP contribution in [0.1, 0.15) is 52.9 Å². The summed E-state index contributed by atoms with van der Waals surface area (Å²) in [6, 6.07) is 0. The van der Waals surface area contributed by atoms with Crippen LogP contribution in [0.2, 0.25) is 0 Å². The van der Waals surface area contributed by atoms with Crippen molar-refractivity contribution in [1.82, 2.24) is 39.9 Å². The lowest BCUT2D eigenvalue weighted by Gasteiger charge is -2.22. The minimum absolute atomic E-state index is 0.456. The number of nitrogens with two attached hydrogens (primary N) is 2. The van der Waals surface area contributed by atoms with Crippen molar-refractivity contribution < 1.29 is 0 Å². The zero-order valence-electron chi connectivity index (χ0n) is 19.9. The highest BCUT2D eigenvalue weighted by molar-refractivity contribution is 5.03. The minimum Gasteiger partial charge on any atom is -0.400 e. The molecule has 0 spiro atoms. The second kappa shape index (κ2) is 11.8. The van der Waals surface area contributed by atoms with E-state index in [4.69, 9.17) is 11.6 Å².